The summed E-state index contributed by atoms with van der Waals surface area (Å²) in [6.45, 7) is 3.27. The van der Waals surface area contributed by atoms with Gasteiger partial charge in [-0.1, -0.05) is 0 Å². The zero-order valence-corrected chi connectivity index (χ0v) is 11.8. The molecule has 5 nitrogen and oxygen atoms in total. The van der Waals surface area contributed by atoms with Crippen LogP contribution in [0.2, 0.25) is 0 Å². The number of hydrogen-bond donors (Lipinski definition) is 0. The minimum atomic E-state index is -5.67. The van der Waals surface area contributed by atoms with E-state index in [1.807, 2.05) is 0 Å². The Morgan fingerprint density at radius 2 is 1.65 bits per heavy atom. The van der Waals surface area contributed by atoms with E-state index in [9.17, 15) is 21.6 Å². The van der Waals surface area contributed by atoms with E-state index in [4.69, 9.17) is 4.89 Å². The van der Waals surface area contributed by atoms with Gasteiger partial charge in [0.1, 0.15) is 12.4 Å². The number of halogens is 3. The molecule has 114 valence electrons. The van der Waals surface area contributed by atoms with Crippen molar-refractivity contribution < 1.29 is 35.5 Å². The van der Waals surface area contributed by atoms with Gasteiger partial charge in [-0.25, -0.2) is 9.78 Å². The number of benzene rings is 1. The minimum absolute atomic E-state index is 0.0838. The van der Waals surface area contributed by atoms with Gasteiger partial charge in [0.05, 0.1) is 7.11 Å². The molecule has 0 aliphatic rings. The molecule has 1 aromatic rings. The highest BCUT2D eigenvalue weighted by molar-refractivity contribution is 7.88. The standard InChI is InChI=1S/C11H13F3O5S/c1-7-4-9(19-20(15,16)11(12,13)14)5-8(2)10(7)6-18-17-3/h4-5H,6H2,1-3H3. The molecule has 0 spiro atoms. The van der Waals surface area contributed by atoms with E-state index in [1.165, 1.54) is 19.2 Å². The van der Waals surface area contributed by atoms with Gasteiger partial charge >= 0.3 is 15.6 Å². The Kier molecular flexibility index (Phi) is 5.00. The highest BCUT2D eigenvalue weighted by Crippen LogP contribution is 2.29. The van der Waals surface area contributed by atoms with Gasteiger partial charge in [0, 0.05) is 0 Å². The highest BCUT2D eigenvalue weighted by Gasteiger charge is 2.48. The average Bonchev–Trinajstić information content (AvgIpc) is 2.25. The van der Waals surface area contributed by atoms with Crippen LogP contribution in [0.15, 0.2) is 12.1 Å². The molecular weight excluding hydrogens is 301 g/mol. The first kappa shape index (κ1) is 16.7. The van der Waals surface area contributed by atoms with Crippen LogP contribution in [0.1, 0.15) is 16.7 Å². The van der Waals surface area contributed by atoms with Crippen molar-refractivity contribution in [2.45, 2.75) is 26.0 Å². The number of rotatable bonds is 5. The summed E-state index contributed by atoms with van der Waals surface area (Å²) in [6, 6.07) is 2.37. The fraction of sp³-hybridized carbons (Fsp3) is 0.455. The molecule has 0 amide bonds. The molecule has 9 heteroatoms. The lowest BCUT2D eigenvalue weighted by molar-refractivity contribution is -0.282. The summed E-state index contributed by atoms with van der Waals surface area (Å²) in [5.41, 5.74) is -3.75. The molecule has 1 rings (SSSR count). The van der Waals surface area contributed by atoms with Gasteiger partial charge in [-0.15, -0.1) is 0 Å². The molecule has 0 atom stereocenters. The summed E-state index contributed by atoms with van der Waals surface area (Å²) in [5.74, 6) is -0.404. The van der Waals surface area contributed by atoms with E-state index in [0.29, 0.717) is 16.7 Å². The maximum absolute atomic E-state index is 12.2. The van der Waals surface area contributed by atoms with Crippen molar-refractivity contribution in [1.82, 2.24) is 0 Å². The molecule has 0 aliphatic carbocycles. The summed E-state index contributed by atoms with van der Waals surface area (Å²) in [5, 5.41) is 0. The maximum atomic E-state index is 12.2. The monoisotopic (exact) mass is 314 g/mol. The Morgan fingerprint density at radius 3 is 2.05 bits per heavy atom. The lowest BCUT2D eigenvalue weighted by atomic mass is 10.0. The van der Waals surface area contributed by atoms with Crippen LogP contribution in [0.25, 0.3) is 0 Å². The first-order chi connectivity index (χ1) is 9.08. The second-order valence-corrected chi connectivity index (χ2v) is 5.49. The number of aryl methyl sites for hydroxylation is 2. The van der Waals surface area contributed by atoms with Crippen molar-refractivity contribution in [1.29, 1.82) is 0 Å². The van der Waals surface area contributed by atoms with E-state index < -0.39 is 21.4 Å². The Hall–Kier alpha value is -1.32. The third kappa shape index (κ3) is 3.84. The predicted molar refractivity (Wildman–Crippen MR) is 63.3 cm³/mol. The highest BCUT2D eigenvalue weighted by atomic mass is 32.2. The Morgan fingerprint density at radius 1 is 1.15 bits per heavy atom. The molecule has 0 unspecified atom stereocenters. The normalized spacial score (nSPS) is 12.5. The van der Waals surface area contributed by atoms with Gasteiger partial charge in [0.25, 0.3) is 0 Å². The van der Waals surface area contributed by atoms with Crippen LogP contribution in [-0.2, 0) is 26.5 Å². The topological polar surface area (TPSA) is 61.8 Å². The van der Waals surface area contributed by atoms with Gasteiger partial charge in [-0.2, -0.15) is 21.6 Å². The van der Waals surface area contributed by atoms with Crippen molar-refractivity contribution in [3.63, 3.8) is 0 Å². The smallest absolute Gasteiger partial charge is 0.376 e. The molecule has 0 N–H and O–H groups in total. The van der Waals surface area contributed by atoms with Crippen molar-refractivity contribution in [3.8, 4) is 5.75 Å². The molecule has 20 heavy (non-hydrogen) atoms. The third-order valence-corrected chi connectivity index (χ3v) is 3.46. The Balaban J connectivity index is 3.06. The minimum Gasteiger partial charge on any atom is -0.376 e. The van der Waals surface area contributed by atoms with E-state index in [2.05, 4.69) is 9.07 Å². The lowest BCUT2D eigenvalue weighted by Crippen LogP contribution is -2.28. The Labute approximate surface area is 114 Å². The fourth-order valence-electron chi connectivity index (χ4n) is 1.52. The molecule has 0 saturated heterocycles. The summed E-state index contributed by atoms with van der Waals surface area (Å²) in [4.78, 5) is 9.17. The van der Waals surface area contributed by atoms with Crippen LogP contribution in [-0.4, -0.2) is 21.0 Å². The molecule has 0 bridgehead atoms. The maximum Gasteiger partial charge on any atom is 0.534 e. The van der Waals surface area contributed by atoms with E-state index in [-0.39, 0.29) is 6.61 Å². The molecular formula is C11H13F3O5S. The number of alkyl halides is 3. The largest absolute Gasteiger partial charge is 0.534 e. The van der Waals surface area contributed by atoms with E-state index >= 15 is 0 Å². The Bertz CT molecular complexity index is 557. The summed E-state index contributed by atoms with van der Waals surface area (Å²) in [7, 11) is -4.35. The van der Waals surface area contributed by atoms with Gasteiger partial charge in [-0.05, 0) is 42.7 Å². The lowest BCUT2D eigenvalue weighted by Gasteiger charge is -2.13. The van der Waals surface area contributed by atoms with Gasteiger partial charge in [-0.3, -0.25) is 0 Å². The number of hydrogen-bond acceptors (Lipinski definition) is 5. The van der Waals surface area contributed by atoms with Crippen molar-refractivity contribution in [2.24, 2.45) is 0 Å². The quantitative estimate of drug-likeness (QED) is 0.362. The van der Waals surface area contributed by atoms with E-state index in [0.717, 1.165) is 0 Å². The van der Waals surface area contributed by atoms with Crippen molar-refractivity contribution in [2.75, 3.05) is 7.11 Å². The van der Waals surface area contributed by atoms with Gasteiger partial charge < -0.3 is 4.18 Å². The summed E-state index contributed by atoms with van der Waals surface area (Å²) < 4.78 is 62.5. The first-order valence-corrected chi connectivity index (χ1v) is 6.76. The second-order valence-electron chi connectivity index (χ2n) is 3.95. The average molecular weight is 314 g/mol. The SMILES string of the molecule is COOCc1c(C)cc(OS(=O)(=O)C(F)(F)F)cc1C. The molecule has 1 aromatic carbocycles. The zero-order chi connectivity index (χ0) is 15.6. The third-order valence-electron chi connectivity index (χ3n) is 2.48. The predicted octanol–water partition coefficient (Wildman–Crippen LogP) is 2.61. The molecule has 0 aromatic heterocycles. The summed E-state index contributed by atoms with van der Waals surface area (Å²) >= 11 is 0. The van der Waals surface area contributed by atoms with Crippen LogP contribution in [0.4, 0.5) is 13.2 Å². The molecule has 0 fully saturated rings. The molecule has 0 aliphatic heterocycles. The first-order valence-electron chi connectivity index (χ1n) is 5.35. The van der Waals surface area contributed by atoms with Crippen molar-refractivity contribution in [3.05, 3.63) is 28.8 Å². The molecule has 0 saturated carbocycles. The van der Waals surface area contributed by atoms with E-state index in [1.54, 1.807) is 13.8 Å². The van der Waals surface area contributed by atoms with Crippen molar-refractivity contribution >= 4 is 10.1 Å². The van der Waals surface area contributed by atoms with Crippen LogP contribution in [0.5, 0.6) is 5.75 Å². The van der Waals surface area contributed by atoms with Crippen LogP contribution in [0.3, 0.4) is 0 Å². The van der Waals surface area contributed by atoms with Crippen LogP contribution < -0.4 is 4.18 Å². The second kappa shape index (κ2) is 5.98. The fourth-order valence-corrected chi connectivity index (χ4v) is 1.97. The molecule has 0 heterocycles. The van der Waals surface area contributed by atoms with Gasteiger partial charge in [0.2, 0.25) is 0 Å². The van der Waals surface area contributed by atoms with Gasteiger partial charge in [0.15, 0.2) is 0 Å². The summed E-state index contributed by atoms with van der Waals surface area (Å²) in [6.07, 6.45) is 0. The van der Waals surface area contributed by atoms with Crippen LogP contribution >= 0.6 is 0 Å². The molecule has 0 radical (unpaired) electrons. The zero-order valence-electron chi connectivity index (χ0n) is 10.9. The van der Waals surface area contributed by atoms with Crippen LogP contribution in [0, 0.1) is 13.8 Å².